The number of methoxy groups -OCH3 is 1. The molecule has 1 aliphatic heterocycles. The zero-order valence-corrected chi connectivity index (χ0v) is 20.3. The van der Waals surface area contributed by atoms with Crippen molar-refractivity contribution in [3.05, 3.63) is 41.5 Å². The number of hydrogen-bond acceptors (Lipinski definition) is 4. The van der Waals surface area contributed by atoms with Crippen LogP contribution in [0.25, 0.3) is 10.8 Å². The Kier molecular flexibility index (Phi) is 9.36. The highest BCUT2D eigenvalue weighted by Gasteiger charge is 2.30. The monoisotopic (exact) mass is 440 g/mol. The molecule has 0 spiro atoms. The predicted octanol–water partition coefficient (Wildman–Crippen LogP) is 5.20. The molecule has 5 nitrogen and oxygen atoms in total. The summed E-state index contributed by atoms with van der Waals surface area (Å²) in [5, 5.41) is 5.70. The van der Waals surface area contributed by atoms with E-state index in [2.05, 4.69) is 49.2 Å². The van der Waals surface area contributed by atoms with E-state index >= 15 is 0 Å². The van der Waals surface area contributed by atoms with Crippen molar-refractivity contribution >= 4 is 16.7 Å². The number of piperidine rings is 1. The molecular weight excluding hydrogens is 400 g/mol. The standard InChI is InChI=1S/C27H40N2O3/c1-5-6-12-23-22-13-7-8-14-24(22)26(32-17-10-16-31-4)18-25(23)27(30)29(20(2)3)21-11-9-15-28-19-21/h7-8,13-14,18,20-21,28H,5-6,9-12,15-17,19H2,1-4H3/t21-/m1/s1. The number of aryl methyl sites for hydroxylation is 1. The van der Waals surface area contributed by atoms with Crippen LogP contribution in [0.1, 0.15) is 68.8 Å². The van der Waals surface area contributed by atoms with Crippen LogP contribution in [-0.4, -0.2) is 56.3 Å². The van der Waals surface area contributed by atoms with Gasteiger partial charge in [-0.25, -0.2) is 0 Å². The highest BCUT2D eigenvalue weighted by molar-refractivity contribution is 6.04. The predicted molar refractivity (Wildman–Crippen MR) is 132 cm³/mol. The summed E-state index contributed by atoms with van der Waals surface area (Å²) in [6.07, 6.45) is 6.03. The summed E-state index contributed by atoms with van der Waals surface area (Å²) >= 11 is 0. The molecular formula is C27H40N2O3. The van der Waals surface area contributed by atoms with Gasteiger partial charge in [0, 0.05) is 49.7 Å². The number of unbranched alkanes of at least 4 members (excludes halogenated alkanes) is 1. The number of carbonyl (C=O) groups excluding carboxylic acids is 1. The topological polar surface area (TPSA) is 50.8 Å². The van der Waals surface area contributed by atoms with Gasteiger partial charge in [-0.3, -0.25) is 4.79 Å². The van der Waals surface area contributed by atoms with E-state index in [4.69, 9.17) is 9.47 Å². The van der Waals surface area contributed by atoms with Gasteiger partial charge in [-0.2, -0.15) is 0 Å². The second-order valence-corrected chi connectivity index (χ2v) is 9.05. The number of benzene rings is 2. The van der Waals surface area contributed by atoms with E-state index in [0.717, 1.165) is 79.3 Å². The number of rotatable bonds is 11. The maximum Gasteiger partial charge on any atom is 0.254 e. The van der Waals surface area contributed by atoms with Crippen LogP contribution in [-0.2, 0) is 11.2 Å². The molecule has 0 aliphatic carbocycles. The zero-order chi connectivity index (χ0) is 22.9. The molecule has 0 radical (unpaired) electrons. The number of nitrogens with zero attached hydrogens (tertiary/aromatic N) is 1. The molecule has 0 saturated carbocycles. The fourth-order valence-electron chi connectivity index (χ4n) is 4.75. The minimum absolute atomic E-state index is 0.132. The number of hydrogen-bond donors (Lipinski definition) is 1. The van der Waals surface area contributed by atoms with Crippen molar-refractivity contribution in [1.82, 2.24) is 10.2 Å². The molecule has 0 bridgehead atoms. The Morgan fingerprint density at radius 3 is 2.62 bits per heavy atom. The van der Waals surface area contributed by atoms with Crippen molar-refractivity contribution in [3.8, 4) is 5.75 Å². The van der Waals surface area contributed by atoms with Crippen molar-refractivity contribution in [2.75, 3.05) is 33.4 Å². The molecule has 32 heavy (non-hydrogen) atoms. The molecule has 3 rings (SSSR count). The molecule has 0 unspecified atom stereocenters. The summed E-state index contributed by atoms with van der Waals surface area (Å²) in [7, 11) is 1.70. The first kappa shape index (κ1) is 24.5. The lowest BCUT2D eigenvalue weighted by Crippen LogP contribution is -2.51. The fraction of sp³-hybridized carbons (Fsp3) is 0.593. The van der Waals surface area contributed by atoms with Crippen LogP contribution in [0.4, 0.5) is 0 Å². The molecule has 2 aromatic rings. The second-order valence-electron chi connectivity index (χ2n) is 9.05. The maximum atomic E-state index is 14.1. The summed E-state index contributed by atoms with van der Waals surface area (Å²) in [5.74, 6) is 0.929. The molecule has 176 valence electrons. The van der Waals surface area contributed by atoms with E-state index in [9.17, 15) is 4.79 Å². The van der Waals surface area contributed by atoms with E-state index in [-0.39, 0.29) is 18.0 Å². The van der Waals surface area contributed by atoms with Gasteiger partial charge in [0.2, 0.25) is 0 Å². The zero-order valence-electron chi connectivity index (χ0n) is 20.3. The lowest BCUT2D eigenvalue weighted by molar-refractivity contribution is 0.0572. The Morgan fingerprint density at radius 2 is 1.97 bits per heavy atom. The van der Waals surface area contributed by atoms with Crippen LogP contribution in [0.5, 0.6) is 5.75 Å². The van der Waals surface area contributed by atoms with Crippen molar-refractivity contribution in [2.45, 2.75) is 71.4 Å². The maximum absolute atomic E-state index is 14.1. The third-order valence-electron chi connectivity index (χ3n) is 6.33. The van der Waals surface area contributed by atoms with Crippen LogP contribution in [0.15, 0.2) is 30.3 Å². The number of amides is 1. The summed E-state index contributed by atoms with van der Waals surface area (Å²) in [6, 6.07) is 10.7. The lowest BCUT2D eigenvalue weighted by atomic mass is 9.92. The van der Waals surface area contributed by atoms with Gasteiger partial charge in [0.05, 0.1) is 6.61 Å². The first-order valence-corrected chi connectivity index (χ1v) is 12.3. The van der Waals surface area contributed by atoms with Crippen molar-refractivity contribution in [1.29, 1.82) is 0 Å². The Morgan fingerprint density at radius 1 is 1.19 bits per heavy atom. The Balaban J connectivity index is 2.06. The smallest absolute Gasteiger partial charge is 0.254 e. The van der Waals surface area contributed by atoms with Gasteiger partial charge in [0.15, 0.2) is 0 Å². The van der Waals surface area contributed by atoms with Crippen LogP contribution in [0, 0.1) is 0 Å². The van der Waals surface area contributed by atoms with Crippen molar-refractivity contribution in [3.63, 3.8) is 0 Å². The van der Waals surface area contributed by atoms with E-state index < -0.39 is 0 Å². The lowest BCUT2D eigenvalue weighted by Gasteiger charge is -2.38. The average Bonchev–Trinajstić information content (AvgIpc) is 2.81. The quantitative estimate of drug-likeness (QED) is 0.488. The first-order valence-electron chi connectivity index (χ1n) is 12.3. The largest absolute Gasteiger partial charge is 0.493 e. The Labute approximate surface area is 193 Å². The van der Waals surface area contributed by atoms with Crippen molar-refractivity contribution < 1.29 is 14.3 Å². The number of carbonyl (C=O) groups is 1. The van der Waals surface area contributed by atoms with Crippen molar-refractivity contribution in [2.24, 2.45) is 0 Å². The SMILES string of the molecule is CCCCc1c(C(=O)N(C(C)C)[C@@H]2CCCNC2)cc(OCCCOC)c2ccccc12. The van der Waals surface area contributed by atoms with E-state index in [1.54, 1.807) is 7.11 Å². The average molecular weight is 441 g/mol. The Bertz CT molecular complexity index is 875. The van der Waals surface area contributed by atoms with Gasteiger partial charge in [-0.1, -0.05) is 37.6 Å². The molecule has 2 aromatic carbocycles. The summed E-state index contributed by atoms with van der Waals surface area (Å²) in [4.78, 5) is 16.2. The summed E-state index contributed by atoms with van der Waals surface area (Å²) in [6.45, 7) is 9.58. The normalized spacial score (nSPS) is 16.5. The molecule has 1 atom stereocenters. The molecule has 1 heterocycles. The molecule has 5 heteroatoms. The van der Waals surface area contributed by atoms with Gasteiger partial charge >= 0.3 is 0 Å². The molecule has 1 amide bonds. The number of nitrogens with one attached hydrogen (secondary N) is 1. The number of fused-ring (bicyclic) bond motifs is 1. The van der Waals surface area contributed by atoms with Gasteiger partial charge in [-0.05, 0) is 63.1 Å². The molecule has 1 fully saturated rings. The fourth-order valence-corrected chi connectivity index (χ4v) is 4.75. The van der Waals surface area contributed by atoms with E-state index in [1.807, 2.05) is 12.1 Å². The summed E-state index contributed by atoms with van der Waals surface area (Å²) < 4.78 is 11.4. The second kappa shape index (κ2) is 12.2. The van der Waals surface area contributed by atoms with Gasteiger partial charge in [0.1, 0.15) is 5.75 Å². The minimum Gasteiger partial charge on any atom is -0.493 e. The van der Waals surface area contributed by atoms with Crippen LogP contribution >= 0.6 is 0 Å². The van der Waals surface area contributed by atoms with E-state index in [0.29, 0.717) is 13.2 Å². The Hall–Kier alpha value is -2.11. The van der Waals surface area contributed by atoms with Crippen LogP contribution < -0.4 is 10.1 Å². The highest BCUT2D eigenvalue weighted by atomic mass is 16.5. The molecule has 0 aromatic heterocycles. The molecule has 1 saturated heterocycles. The molecule has 1 N–H and O–H groups in total. The van der Waals surface area contributed by atoms with Gasteiger partial charge in [-0.15, -0.1) is 0 Å². The third kappa shape index (κ3) is 5.81. The van der Waals surface area contributed by atoms with Gasteiger partial charge in [0.25, 0.3) is 5.91 Å². The minimum atomic E-state index is 0.132. The third-order valence-corrected chi connectivity index (χ3v) is 6.33. The summed E-state index contributed by atoms with van der Waals surface area (Å²) in [5.41, 5.74) is 1.96. The van der Waals surface area contributed by atoms with E-state index in [1.165, 1.54) is 0 Å². The first-order chi connectivity index (χ1) is 15.6. The van der Waals surface area contributed by atoms with Crippen LogP contribution in [0.3, 0.4) is 0 Å². The number of ether oxygens (including phenoxy) is 2. The van der Waals surface area contributed by atoms with Crippen LogP contribution in [0.2, 0.25) is 0 Å². The molecule has 1 aliphatic rings. The van der Waals surface area contributed by atoms with Gasteiger partial charge < -0.3 is 19.7 Å². The highest BCUT2D eigenvalue weighted by Crippen LogP contribution is 2.34.